The zero-order valence-electron chi connectivity index (χ0n) is 14.7. The van der Waals surface area contributed by atoms with Crippen molar-refractivity contribution in [1.82, 2.24) is 9.97 Å². The first-order chi connectivity index (χ1) is 13.3. The van der Waals surface area contributed by atoms with E-state index in [1.54, 1.807) is 18.3 Å². The molecule has 0 aliphatic carbocycles. The summed E-state index contributed by atoms with van der Waals surface area (Å²) in [7, 11) is 0. The summed E-state index contributed by atoms with van der Waals surface area (Å²) in [6.45, 7) is 0.415. The molecule has 0 fully saturated rings. The number of carbonyl (C=O) groups excluding carboxylic acids is 1. The summed E-state index contributed by atoms with van der Waals surface area (Å²) in [4.78, 5) is 20.0. The third kappa shape index (κ3) is 3.98. The highest BCUT2D eigenvalue weighted by Crippen LogP contribution is 2.23. The molecule has 0 radical (unpaired) electrons. The van der Waals surface area contributed by atoms with Gasteiger partial charge in [0, 0.05) is 23.3 Å². The van der Waals surface area contributed by atoms with Crippen LogP contribution in [0.15, 0.2) is 79.1 Å². The lowest BCUT2D eigenvalue weighted by atomic mass is 10.1. The summed E-state index contributed by atoms with van der Waals surface area (Å²) in [5.74, 6) is 0.843. The van der Waals surface area contributed by atoms with E-state index in [1.807, 2.05) is 60.8 Å². The van der Waals surface area contributed by atoms with Gasteiger partial charge in [-0.05, 0) is 29.3 Å². The van der Waals surface area contributed by atoms with Gasteiger partial charge in [-0.2, -0.15) is 0 Å². The molecule has 27 heavy (non-hydrogen) atoms. The van der Waals surface area contributed by atoms with Crippen molar-refractivity contribution in [3.05, 3.63) is 90.3 Å². The van der Waals surface area contributed by atoms with Crippen LogP contribution in [-0.4, -0.2) is 15.9 Å². The lowest BCUT2D eigenvalue weighted by Crippen LogP contribution is -2.16. The number of amides is 1. The molecule has 2 aromatic heterocycles. The van der Waals surface area contributed by atoms with E-state index in [9.17, 15) is 4.79 Å². The fourth-order valence-electron chi connectivity index (χ4n) is 2.96. The molecule has 2 aromatic carbocycles. The number of hydrogen-bond donors (Lipinski definition) is 2. The van der Waals surface area contributed by atoms with E-state index in [4.69, 9.17) is 4.74 Å². The molecular formula is C22H19N3O2. The van der Waals surface area contributed by atoms with Gasteiger partial charge in [-0.1, -0.05) is 48.5 Å². The van der Waals surface area contributed by atoms with E-state index in [2.05, 4.69) is 15.3 Å². The van der Waals surface area contributed by atoms with Gasteiger partial charge in [0.05, 0.1) is 6.42 Å². The first kappa shape index (κ1) is 16.8. The van der Waals surface area contributed by atoms with Crippen LogP contribution in [0.25, 0.3) is 10.9 Å². The van der Waals surface area contributed by atoms with Crippen molar-refractivity contribution in [2.45, 2.75) is 13.0 Å². The highest BCUT2D eigenvalue weighted by atomic mass is 16.5. The predicted octanol–water partition coefficient (Wildman–Crippen LogP) is 4.32. The molecule has 2 N–H and O–H groups in total. The monoisotopic (exact) mass is 357 g/mol. The minimum absolute atomic E-state index is 0.136. The Hall–Kier alpha value is -3.60. The van der Waals surface area contributed by atoms with E-state index < -0.39 is 0 Å². The Morgan fingerprint density at radius 1 is 1.00 bits per heavy atom. The number of rotatable bonds is 6. The van der Waals surface area contributed by atoms with Crippen LogP contribution in [0.4, 0.5) is 5.82 Å². The van der Waals surface area contributed by atoms with Crippen molar-refractivity contribution in [2.24, 2.45) is 0 Å². The molecule has 0 aliphatic rings. The number of H-pyrrole nitrogens is 1. The number of nitrogens with one attached hydrogen (secondary N) is 2. The molecule has 0 bridgehead atoms. The van der Waals surface area contributed by atoms with Crippen LogP contribution in [0.2, 0.25) is 0 Å². The molecule has 0 aliphatic heterocycles. The molecule has 0 saturated carbocycles. The lowest BCUT2D eigenvalue weighted by molar-refractivity contribution is -0.115. The topological polar surface area (TPSA) is 67.0 Å². The second-order valence-corrected chi connectivity index (χ2v) is 6.21. The smallest absolute Gasteiger partial charge is 0.230 e. The van der Waals surface area contributed by atoms with Gasteiger partial charge in [0.2, 0.25) is 5.91 Å². The Labute approximate surface area is 157 Å². The van der Waals surface area contributed by atoms with E-state index in [0.29, 0.717) is 18.2 Å². The number of carbonyl (C=O) groups is 1. The third-order valence-corrected chi connectivity index (χ3v) is 4.29. The van der Waals surface area contributed by atoms with Crippen LogP contribution in [-0.2, 0) is 17.8 Å². The number of hydrogen-bond acceptors (Lipinski definition) is 3. The normalized spacial score (nSPS) is 10.7. The average molecular weight is 357 g/mol. The van der Waals surface area contributed by atoms with Gasteiger partial charge in [0.15, 0.2) is 11.6 Å². The Bertz CT molecular complexity index is 1060. The van der Waals surface area contributed by atoms with Crippen LogP contribution in [0, 0.1) is 0 Å². The first-order valence-electron chi connectivity index (χ1n) is 8.76. The van der Waals surface area contributed by atoms with Gasteiger partial charge in [-0.25, -0.2) is 4.98 Å². The second-order valence-electron chi connectivity index (χ2n) is 6.21. The van der Waals surface area contributed by atoms with Crippen molar-refractivity contribution in [1.29, 1.82) is 0 Å². The van der Waals surface area contributed by atoms with Gasteiger partial charge >= 0.3 is 0 Å². The zero-order valence-corrected chi connectivity index (χ0v) is 14.7. The summed E-state index contributed by atoms with van der Waals surface area (Å²) in [6.07, 6.45) is 3.77. The maximum Gasteiger partial charge on any atom is 0.230 e. The van der Waals surface area contributed by atoms with Crippen LogP contribution in [0.1, 0.15) is 11.1 Å². The van der Waals surface area contributed by atoms with E-state index in [1.165, 1.54) is 0 Å². The summed E-state index contributed by atoms with van der Waals surface area (Å²) < 4.78 is 5.85. The third-order valence-electron chi connectivity index (χ3n) is 4.29. The molecule has 4 rings (SSSR count). The predicted molar refractivity (Wildman–Crippen MR) is 106 cm³/mol. The molecule has 0 unspecified atom stereocenters. The van der Waals surface area contributed by atoms with E-state index in [-0.39, 0.29) is 12.3 Å². The van der Waals surface area contributed by atoms with Gasteiger partial charge < -0.3 is 15.0 Å². The molecule has 5 nitrogen and oxygen atoms in total. The number of anilines is 1. The number of aromatic amines is 1. The standard InChI is InChI=1S/C22H19N3O2/c26-21(13-17-14-24-19-10-5-4-9-18(17)19)25-22-20(11-6-12-23-22)27-15-16-7-2-1-3-8-16/h1-12,14,24H,13,15H2,(H,23,25,26). The Balaban J connectivity index is 1.45. The second kappa shape index (κ2) is 7.74. The lowest BCUT2D eigenvalue weighted by Gasteiger charge is -2.11. The number of nitrogens with zero attached hydrogens (tertiary/aromatic N) is 1. The molecule has 0 spiro atoms. The maximum absolute atomic E-state index is 12.5. The van der Waals surface area contributed by atoms with Gasteiger partial charge in [-0.15, -0.1) is 0 Å². The Morgan fingerprint density at radius 2 is 1.81 bits per heavy atom. The summed E-state index contributed by atoms with van der Waals surface area (Å²) in [6, 6.07) is 21.4. The Morgan fingerprint density at radius 3 is 2.70 bits per heavy atom. The van der Waals surface area contributed by atoms with E-state index >= 15 is 0 Å². The molecule has 2 heterocycles. The van der Waals surface area contributed by atoms with Gasteiger partial charge in [0.25, 0.3) is 0 Å². The highest BCUT2D eigenvalue weighted by molar-refractivity contribution is 5.96. The van der Waals surface area contributed by atoms with Crippen LogP contribution in [0.3, 0.4) is 0 Å². The molecular weight excluding hydrogens is 338 g/mol. The van der Waals surface area contributed by atoms with Crippen LogP contribution in [0.5, 0.6) is 5.75 Å². The molecule has 0 saturated heterocycles. The SMILES string of the molecule is O=C(Cc1c[nH]c2ccccc12)Nc1ncccc1OCc1ccccc1. The highest BCUT2D eigenvalue weighted by Gasteiger charge is 2.12. The van der Waals surface area contributed by atoms with Crippen LogP contribution >= 0.6 is 0 Å². The molecule has 134 valence electrons. The van der Waals surface area contributed by atoms with Crippen molar-refractivity contribution in [3.63, 3.8) is 0 Å². The van der Waals surface area contributed by atoms with E-state index in [0.717, 1.165) is 22.0 Å². The van der Waals surface area contributed by atoms with Gasteiger partial charge in [-0.3, -0.25) is 4.79 Å². The van der Waals surface area contributed by atoms with Crippen molar-refractivity contribution >= 4 is 22.6 Å². The van der Waals surface area contributed by atoms with Crippen molar-refractivity contribution in [3.8, 4) is 5.75 Å². The number of para-hydroxylation sites is 1. The summed E-state index contributed by atoms with van der Waals surface area (Å²) in [5, 5.41) is 3.91. The molecule has 4 aromatic rings. The maximum atomic E-state index is 12.5. The Kier molecular flexibility index (Phi) is 4.83. The molecule has 1 amide bonds. The van der Waals surface area contributed by atoms with Gasteiger partial charge in [0.1, 0.15) is 6.61 Å². The number of aromatic nitrogens is 2. The minimum Gasteiger partial charge on any atom is -0.485 e. The van der Waals surface area contributed by atoms with Crippen molar-refractivity contribution < 1.29 is 9.53 Å². The fourth-order valence-corrected chi connectivity index (χ4v) is 2.96. The number of fused-ring (bicyclic) bond motifs is 1. The quantitative estimate of drug-likeness (QED) is 0.540. The summed E-state index contributed by atoms with van der Waals surface area (Å²) in [5.41, 5.74) is 3.02. The number of benzene rings is 2. The number of pyridine rings is 1. The number of ether oxygens (including phenoxy) is 1. The molecule has 0 atom stereocenters. The van der Waals surface area contributed by atoms with Crippen molar-refractivity contribution in [2.75, 3.05) is 5.32 Å². The summed E-state index contributed by atoms with van der Waals surface area (Å²) >= 11 is 0. The fraction of sp³-hybridized carbons (Fsp3) is 0.0909. The van der Waals surface area contributed by atoms with Crippen LogP contribution < -0.4 is 10.1 Å². The molecule has 5 heteroatoms. The first-order valence-corrected chi connectivity index (χ1v) is 8.76. The average Bonchev–Trinajstić information content (AvgIpc) is 3.11. The zero-order chi connectivity index (χ0) is 18.5. The minimum atomic E-state index is -0.136. The largest absolute Gasteiger partial charge is 0.485 e.